The predicted octanol–water partition coefficient (Wildman–Crippen LogP) is 4.06. The number of ether oxygens (including phenoxy) is 4. The minimum atomic E-state index is -1.70. The molecular weight excluding hydrogens is 640 g/mol. The number of carbonyl (C=O) groups excluding carboxylic acids is 2. The van der Waals surface area contributed by atoms with Crippen LogP contribution >= 0.6 is 0 Å². The van der Waals surface area contributed by atoms with E-state index in [9.17, 15) is 49.6 Å². The largest absolute Gasteiger partial charge is 0.484 e. The summed E-state index contributed by atoms with van der Waals surface area (Å²) in [7, 11) is 0. The van der Waals surface area contributed by atoms with Crippen LogP contribution in [0.4, 0.5) is 21.0 Å². The van der Waals surface area contributed by atoms with Crippen LogP contribution in [0.2, 0.25) is 0 Å². The molecule has 0 radical (unpaired) electrons. The van der Waals surface area contributed by atoms with E-state index in [0.717, 1.165) is 0 Å². The molecule has 4 N–H and O–H groups in total. The quantitative estimate of drug-likeness (QED) is 0.153. The number of carboxylic acid groups (broad SMARTS) is 2. The molecular formula is C30H38N4O14. The number of benzene rings is 2. The van der Waals surface area contributed by atoms with Crippen molar-refractivity contribution in [3.05, 3.63) is 67.3 Å². The van der Waals surface area contributed by atoms with Gasteiger partial charge in [0.25, 0.3) is 0 Å². The molecule has 18 nitrogen and oxygen atoms in total. The SMILES string of the molecule is Cc1cc(CC(C)(C)OC(=O)N[C@@H](COc2cccc(C)c2[N+](=O)[O-])C(=O)O)c([N+](=O)[O-])c(OC[C@H](NC(=O)OC(C)(C)C)C(=O)O)c1. The summed E-state index contributed by atoms with van der Waals surface area (Å²) in [6, 6.07) is 3.63. The van der Waals surface area contributed by atoms with Crippen LogP contribution in [-0.2, 0) is 25.5 Å². The molecule has 48 heavy (non-hydrogen) atoms. The lowest BCUT2D eigenvalue weighted by molar-refractivity contribution is -0.386. The van der Waals surface area contributed by atoms with Crippen LogP contribution < -0.4 is 20.1 Å². The lowest BCUT2D eigenvalue weighted by atomic mass is 9.95. The Morgan fingerprint density at radius 1 is 0.792 bits per heavy atom. The Morgan fingerprint density at radius 3 is 1.77 bits per heavy atom. The summed E-state index contributed by atoms with van der Waals surface area (Å²) in [5.74, 6) is -3.54. The number of amides is 2. The average Bonchev–Trinajstić information content (AvgIpc) is 2.90. The number of nitro groups is 2. The molecule has 2 aromatic carbocycles. The van der Waals surface area contributed by atoms with Gasteiger partial charge in [0.05, 0.1) is 9.85 Å². The number of hydrogen-bond acceptors (Lipinski definition) is 12. The molecule has 0 aromatic heterocycles. The topological polar surface area (TPSA) is 256 Å². The van der Waals surface area contributed by atoms with Crippen LogP contribution in [0.1, 0.15) is 51.3 Å². The molecule has 262 valence electrons. The normalized spacial score (nSPS) is 12.6. The van der Waals surface area contributed by atoms with Crippen LogP contribution in [0.25, 0.3) is 0 Å². The van der Waals surface area contributed by atoms with E-state index in [4.69, 9.17) is 18.9 Å². The highest BCUT2D eigenvalue weighted by molar-refractivity contribution is 5.81. The summed E-state index contributed by atoms with van der Waals surface area (Å²) in [6.45, 7) is 9.21. The van der Waals surface area contributed by atoms with E-state index in [2.05, 4.69) is 10.6 Å². The van der Waals surface area contributed by atoms with Crippen LogP contribution in [-0.4, -0.2) is 80.7 Å². The Bertz CT molecular complexity index is 1570. The third-order valence-electron chi connectivity index (χ3n) is 6.24. The number of hydrogen-bond donors (Lipinski definition) is 4. The molecule has 2 rings (SSSR count). The van der Waals surface area contributed by atoms with Gasteiger partial charge < -0.3 is 39.8 Å². The summed E-state index contributed by atoms with van der Waals surface area (Å²) in [5, 5.41) is 47.0. The zero-order chi connectivity index (χ0) is 36.6. The molecule has 0 unspecified atom stereocenters. The standard InChI is InChI=1S/C30H38N4O14/c1-16-11-18(24(34(43)44)22(12-16)46-15-20(26(37)38)31-27(39)47-29(3,4)5)13-30(6,7)48-28(40)32-19(25(35)36)14-45-21-10-8-9-17(2)23(21)33(41)42/h8-12,19-20H,13-15H2,1-7H3,(H,31,39)(H,32,40)(H,35,36)(H,37,38)/t19-,20-/m0/s1. The number of carboxylic acids is 2. The molecule has 2 aromatic rings. The van der Waals surface area contributed by atoms with Crippen LogP contribution in [0.15, 0.2) is 30.3 Å². The van der Waals surface area contributed by atoms with Crippen molar-refractivity contribution in [3.63, 3.8) is 0 Å². The van der Waals surface area contributed by atoms with E-state index < -0.39 is 76.2 Å². The first-order valence-electron chi connectivity index (χ1n) is 14.3. The van der Waals surface area contributed by atoms with E-state index in [0.29, 0.717) is 5.56 Å². The maximum absolute atomic E-state index is 12.8. The smallest absolute Gasteiger partial charge is 0.408 e. The number of nitrogens with zero attached hydrogens (tertiary/aromatic N) is 2. The third kappa shape index (κ3) is 11.6. The average molecular weight is 679 g/mol. The van der Waals surface area contributed by atoms with Crippen LogP contribution in [0.5, 0.6) is 11.5 Å². The maximum Gasteiger partial charge on any atom is 0.408 e. The van der Waals surface area contributed by atoms with Gasteiger partial charge in [0.1, 0.15) is 24.4 Å². The molecule has 0 fully saturated rings. The van der Waals surface area contributed by atoms with Crippen molar-refractivity contribution in [1.82, 2.24) is 10.6 Å². The van der Waals surface area contributed by atoms with E-state index in [1.807, 2.05) is 0 Å². The van der Waals surface area contributed by atoms with Gasteiger partial charge in [-0.2, -0.15) is 0 Å². The van der Waals surface area contributed by atoms with E-state index in [1.54, 1.807) is 27.7 Å². The Hall–Kier alpha value is -5.68. The zero-order valence-corrected chi connectivity index (χ0v) is 27.4. The first-order chi connectivity index (χ1) is 22.1. The van der Waals surface area contributed by atoms with Gasteiger partial charge >= 0.3 is 35.5 Å². The first-order valence-corrected chi connectivity index (χ1v) is 14.3. The van der Waals surface area contributed by atoms with Gasteiger partial charge in [-0.3, -0.25) is 20.2 Å². The number of nitro benzene ring substituents is 2. The molecule has 2 atom stereocenters. The highest BCUT2D eigenvalue weighted by Crippen LogP contribution is 2.35. The van der Waals surface area contributed by atoms with Crippen molar-refractivity contribution in [2.75, 3.05) is 13.2 Å². The predicted molar refractivity (Wildman–Crippen MR) is 166 cm³/mol. The minimum Gasteiger partial charge on any atom is -0.484 e. The fourth-order valence-corrected chi connectivity index (χ4v) is 4.32. The maximum atomic E-state index is 12.8. The number of carbonyl (C=O) groups is 4. The molecule has 0 aliphatic carbocycles. The summed E-state index contributed by atoms with van der Waals surface area (Å²) in [4.78, 5) is 70.5. The van der Waals surface area contributed by atoms with E-state index >= 15 is 0 Å². The van der Waals surface area contributed by atoms with Gasteiger partial charge in [0, 0.05) is 17.5 Å². The molecule has 0 bridgehead atoms. The van der Waals surface area contributed by atoms with Crippen LogP contribution in [0, 0.1) is 34.1 Å². The molecule has 0 heterocycles. The van der Waals surface area contributed by atoms with Gasteiger partial charge in [0.15, 0.2) is 23.6 Å². The van der Waals surface area contributed by atoms with Gasteiger partial charge in [-0.05, 0) is 72.2 Å². The Kier molecular flexibility index (Phi) is 12.6. The fraction of sp³-hybridized carbons (Fsp3) is 0.467. The van der Waals surface area contributed by atoms with Gasteiger partial charge in [0.2, 0.25) is 0 Å². The number of nitrogens with one attached hydrogen (secondary N) is 2. The number of aliphatic carboxylic acids is 2. The second-order valence-corrected chi connectivity index (χ2v) is 12.2. The summed E-state index contributed by atoms with van der Waals surface area (Å²) >= 11 is 0. The lowest BCUT2D eigenvalue weighted by Crippen LogP contribution is -2.47. The lowest BCUT2D eigenvalue weighted by Gasteiger charge is -2.27. The highest BCUT2D eigenvalue weighted by Gasteiger charge is 2.33. The highest BCUT2D eigenvalue weighted by atomic mass is 16.6. The molecule has 18 heteroatoms. The van der Waals surface area contributed by atoms with Gasteiger partial charge in [-0.15, -0.1) is 0 Å². The fourth-order valence-electron chi connectivity index (χ4n) is 4.32. The molecule has 0 aliphatic heterocycles. The number of rotatable bonds is 15. The molecule has 2 amide bonds. The van der Waals surface area contributed by atoms with Crippen molar-refractivity contribution in [1.29, 1.82) is 0 Å². The zero-order valence-electron chi connectivity index (χ0n) is 27.4. The number of para-hydroxylation sites is 1. The monoisotopic (exact) mass is 678 g/mol. The van der Waals surface area contributed by atoms with Crippen molar-refractivity contribution in [3.8, 4) is 11.5 Å². The van der Waals surface area contributed by atoms with Crippen LogP contribution in [0.3, 0.4) is 0 Å². The Morgan fingerprint density at radius 2 is 1.29 bits per heavy atom. The van der Waals surface area contributed by atoms with Gasteiger partial charge in [-0.1, -0.05) is 12.1 Å². The van der Waals surface area contributed by atoms with Gasteiger partial charge in [-0.25, -0.2) is 19.2 Å². The Labute approximate surface area is 274 Å². The van der Waals surface area contributed by atoms with Crippen molar-refractivity contribution in [2.45, 2.75) is 78.2 Å². The third-order valence-corrected chi connectivity index (χ3v) is 6.24. The van der Waals surface area contributed by atoms with E-state index in [-0.39, 0.29) is 34.7 Å². The Balaban J connectivity index is 2.21. The summed E-state index contributed by atoms with van der Waals surface area (Å²) in [5.41, 5.74) is -2.56. The van der Waals surface area contributed by atoms with E-state index in [1.165, 1.54) is 51.1 Å². The molecule has 0 saturated carbocycles. The minimum absolute atomic E-state index is 0.0321. The van der Waals surface area contributed by atoms with Crippen molar-refractivity contribution in [2.24, 2.45) is 0 Å². The summed E-state index contributed by atoms with van der Waals surface area (Å²) < 4.78 is 21.3. The molecule has 0 saturated heterocycles. The van der Waals surface area contributed by atoms with Crippen molar-refractivity contribution >= 4 is 35.5 Å². The summed E-state index contributed by atoms with van der Waals surface area (Å²) in [6.07, 6.45) is -2.54. The second kappa shape index (κ2) is 15.7. The van der Waals surface area contributed by atoms with Crippen molar-refractivity contribution < 1.29 is 58.2 Å². The number of alkyl carbamates (subject to hydrolysis) is 2. The first kappa shape index (κ1) is 38.5. The number of aryl methyl sites for hydroxylation is 2. The molecule has 0 aliphatic rings. The second-order valence-electron chi connectivity index (χ2n) is 12.2. The molecule has 0 spiro atoms.